The van der Waals surface area contributed by atoms with Gasteiger partial charge in [0, 0.05) is 19.1 Å². The monoisotopic (exact) mass is 246 g/mol. The highest BCUT2D eigenvalue weighted by atomic mass is 15.1. The van der Waals surface area contributed by atoms with E-state index < -0.39 is 0 Å². The van der Waals surface area contributed by atoms with E-state index in [4.69, 9.17) is 0 Å². The Morgan fingerprint density at radius 3 is 2.83 bits per heavy atom. The molecule has 2 atom stereocenters. The Kier molecular flexibility index (Phi) is 4.79. The van der Waals surface area contributed by atoms with Crippen LogP contribution in [-0.4, -0.2) is 31.1 Å². The summed E-state index contributed by atoms with van der Waals surface area (Å²) < 4.78 is 0. The van der Waals surface area contributed by atoms with E-state index in [0.717, 1.165) is 12.5 Å². The van der Waals surface area contributed by atoms with Crippen molar-refractivity contribution in [1.29, 1.82) is 0 Å². The standard InChI is InChI=1S/C16H26N2/c1-13-6-4-5-7-16(13)12-18(3)11-15-8-9-17-14(2)10-15/h4-7,14-15,17H,8-12H2,1-3H3. The molecule has 2 rings (SSSR count). The molecular weight excluding hydrogens is 220 g/mol. The van der Waals surface area contributed by atoms with E-state index in [2.05, 4.69) is 55.4 Å². The van der Waals surface area contributed by atoms with Gasteiger partial charge in [-0.1, -0.05) is 24.3 Å². The van der Waals surface area contributed by atoms with Gasteiger partial charge in [-0.05, 0) is 57.3 Å². The maximum absolute atomic E-state index is 3.53. The summed E-state index contributed by atoms with van der Waals surface area (Å²) in [5.74, 6) is 0.857. The fourth-order valence-corrected chi connectivity index (χ4v) is 2.98. The largest absolute Gasteiger partial charge is 0.314 e. The van der Waals surface area contributed by atoms with E-state index in [-0.39, 0.29) is 0 Å². The Morgan fingerprint density at radius 2 is 2.11 bits per heavy atom. The van der Waals surface area contributed by atoms with E-state index in [1.165, 1.54) is 37.1 Å². The minimum Gasteiger partial charge on any atom is -0.314 e. The van der Waals surface area contributed by atoms with Gasteiger partial charge in [-0.3, -0.25) is 0 Å². The van der Waals surface area contributed by atoms with Gasteiger partial charge < -0.3 is 10.2 Å². The summed E-state index contributed by atoms with van der Waals surface area (Å²) in [6, 6.07) is 9.40. The fourth-order valence-electron chi connectivity index (χ4n) is 2.98. The molecule has 0 saturated carbocycles. The molecule has 0 amide bonds. The molecule has 0 bridgehead atoms. The van der Waals surface area contributed by atoms with Gasteiger partial charge in [0.05, 0.1) is 0 Å². The lowest BCUT2D eigenvalue weighted by Gasteiger charge is -2.31. The molecule has 2 nitrogen and oxygen atoms in total. The molecule has 1 aromatic carbocycles. The zero-order valence-electron chi connectivity index (χ0n) is 11.9. The van der Waals surface area contributed by atoms with Crippen LogP contribution in [0.2, 0.25) is 0 Å². The third-order valence-electron chi connectivity index (χ3n) is 4.00. The summed E-state index contributed by atoms with van der Waals surface area (Å²) in [4.78, 5) is 2.48. The SMILES string of the molecule is Cc1ccccc1CN(C)CC1CCNC(C)C1. The third kappa shape index (κ3) is 3.82. The normalized spacial score (nSPS) is 24.4. The Labute approximate surface area is 111 Å². The minimum atomic E-state index is 0.690. The van der Waals surface area contributed by atoms with Crippen molar-refractivity contribution in [1.82, 2.24) is 10.2 Å². The molecule has 0 spiro atoms. The number of hydrogen-bond donors (Lipinski definition) is 1. The lowest BCUT2D eigenvalue weighted by atomic mass is 9.93. The van der Waals surface area contributed by atoms with E-state index in [0.29, 0.717) is 6.04 Å². The van der Waals surface area contributed by atoms with Crippen LogP contribution in [0.4, 0.5) is 0 Å². The fraction of sp³-hybridized carbons (Fsp3) is 0.625. The zero-order chi connectivity index (χ0) is 13.0. The first-order chi connectivity index (χ1) is 8.65. The molecule has 1 saturated heterocycles. The quantitative estimate of drug-likeness (QED) is 0.879. The zero-order valence-corrected chi connectivity index (χ0v) is 11.9. The molecule has 0 aromatic heterocycles. The van der Waals surface area contributed by atoms with Crippen molar-refractivity contribution >= 4 is 0 Å². The molecule has 1 heterocycles. The Bertz CT molecular complexity index is 375. The first kappa shape index (κ1) is 13.6. The van der Waals surface area contributed by atoms with E-state index in [1.54, 1.807) is 0 Å². The molecule has 2 heteroatoms. The van der Waals surface area contributed by atoms with Gasteiger partial charge in [0.15, 0.2) is 0 Å². The van der Waals surface area contributed by atoms with Crippen molar-refractivity contribution in [2.45, 2.75) is 39.3 Å². The first-order valence-electron chi connectivity index (χ1n) is 7.11. The second-order valence-electron chi connectivity index (χ2n) is 5.87. The predicted molar refractivity (Wildman–Crippen MR) is 77.7 cm³/mol. The van der Waals surface area contributed by atoms with Gasteiger partial charge in [0.1, 0.15) is 0 Å². The van der Waals surface area contributed by atoms with Gasteiger partial charge in [-0.2, -0.15) is 0 Å². The van der Waals surface area contributed by atoms with Gasteiger partial charge in [-0.15, -0.1) is 0 Å². The Morgan fingerprint density at radius 1 is 1.33 bits per heavy atom. The van der Waals surface area contributed by atoms with Gasteiger partial charge in [0.2, 0.25) is 0 Å². The average molecular weight is 246 g/mol. The highest BCUT2D eigenvalue weighted by Gasteiger charge is 2.19. The van der Waals surface area contributed by atoms with Crippen LogP contribution in [0.25, 0.3) is 0 Å². The van der Waals surface area contributed by atoms with Crippen LogP contribution < -0.4 is 5.32 Å². The molecule has 100 valence electrons. The molecule has 1 fully saturated rings. The summed E-state index contributed by atoms with van der Waals surface area (Å²) in [5, 5.41) is 3.53. The number of benzene rings is 1. The van der Waals surface area contributed by atoms with Crippen LogP contribution in [-0.2, 0) is 6.54 Å². The molecule has 1 aliphatic rings. The van der Waals surface area contributed by atoms with Crippen molar-refractivity contribution in [3.8, 4) is 0 Å². The van der Waals surface area contributed by atoms with Crippen LogP contribution >= 0.6 is 0 Å². The van der Waals surface area contributed by atoms with Gasteiger partial charge >= 0.3 is 0 Å². The number of nitrogens with one attached hydrogen (secondary N) is 1. The van der Waals surface area contributed by atoms with E-state index >= 15 is 0 Å². The number of piperidine rings is 1. The van der Waals surface area contributed by atoms with E-state index in [9.17, 15) is 0 Å². The third-order valence-corrected chi connectivity index (χ3v) is 4.00. The summed E-state index contributed by atoms with van der Waals surface area (Å²) in [7, 11) is 2.25. The molecule has 1 N–H and O–H groups in total. The maximum atomic E-state index is 3.53. The number of aryl methyl sites for hydroxylation is 1. The Hall–Kier alpha value is -0.860. The highest BCUT2D eigenvalue weighted by molar-refractivity contribution is 5.25. The second kappa shape index (κ2) is 6.35. The van der Waals surface area contributed by atoms with Crippen LogP contribution in [0.5, 0.6) is 0 Å². The van der Waals surface area contributed by atoms with Crippen LogP contribution in [0.3, 0.4) is 0 Å². The highest BCUT2D eigenvalue weighted by Crippen LogP contribution is 2.18. The lowest BCUT2D eigenvalue weighted by molar-refractivity contribution is 0.215. The molecule has 1 aromatic rings. The molecule has 1 aliphatic heterocycles. The number of rotatable bonds is 4. The van der Waals surface area contributed by atoms with Crippen LogP contribution in [0, 0.1) is 12.8 Å². The number of hydrogen-bond acceptors (Lipinski definition) is 2. The topological polar surface area (TPSA) is 15.3 Å². The average Bonchev–Trinajstić information content (AvgIpc) is 2.32. The van der Waals surface area contributed by atoms with Crippen molar-refractivity contribution in [3.63, 3.8) is 0 Å². The molecule has 2 unspecified atom stereocenters. The summed E-state index contributed by atoms with van der Waals surface area (Å²) in [5.41, 5.74) is 2.87. The van der Waals surface area contributed by atoms with Crippen molar-refractivity contribution in [2.75, 3.05) is 20.1 Å². The van der Waals surface area contributed by atoms with Crippen LogP contribution in [0.15, 0.2) is 24.3 Å². The molecular formula is C16H26N2. The summed E-state index contributed by atoms with van der Waals surface area (Å²) >= 11 is 0. The van der Waals surface area contributed by atoms with Gasteiger partial charge in [-0.25, -0.2) is 0 Å². The summed E-state index contributed by atoms with van der Waals surface area (Å²) in [6.07, 6.45) is 2.64. The summed E-state index contributed by atoms with van der Waals surface area (Å²) in [6.45, 7) is 7.98. The maximum Gasteiger partial charge on any atom is 0.0233 e. The van der Waals surface area contributed by atoms with Crippen molar-refractivity contribution < 1.29 is 0 Å². The molecule has 0 radical (unpaired) electrons. The second-order valence-corrected chi connectivity index (χ2v) is 5.87. The molecule has 0 aliphatic carbocycles. The minimum absolute atomic E-state index is 0.690. The smallest absolute Gasteiger partial charge is 0.0233 e. The number of nitrogens with zero attached hydrogens (tertiary/aromatic N) is 1. The predicted octanol–water partition coefficient (Wildman–Crippen LogP) is 2.81. The first-order valence-corrected chi connectivity index (χ1v) is 7.11. The van der Waals surface area contributed by atoms with Gasteiger partial charge in [0.25, 0.3) is 0 Å². The van der Waals surface area contributed by atoms with Crippen molar-refractivity contribution in [2.24, 2.45) is 5.92 Å². The lowest BCUT2D eigenvalue weighted by Crippen LogP contribution is -2.39. The molecule has 18 heavy (non-hydrogen) atoms. The van der Waals surface area contributed by atoms with E-state index in [1.807, 2.05) is 0 Å². The van der Waals surface area contributed by atoms with Crippen LogP contribution in [0.1, 0.15) is 30.9 Å². The Balaban J connectivity index is 1.85. The van der Waals surface area contributed by atoms with Crippen molar-refractivity contribution in [3.05, 3.63) is 35.4 Å².